The number of nitrogens with zero attached hydrogens (tertiary/aromatic N) is 3. The number of fused-ring (bicyclic) bond motifs is 2. The summed E-state index contributed by atoms with van der Waals surface area (Å²) in [5.41, 5.74) is 46.8. The number of thiol groups is 1. The number of carbonyl (C=O) groups is 8. The number of hydrogen-bond donors (Lipinski definition) is 18. The van der Waals surface area contributed by atoms with Crippen molar-refractivity contribution in [2.24, 2.45) is 60.8 Å². The van der Waals surface area contributed by atoms with Gasteiger partial charge >= 0.3 is 5.97 Å². The Bertz CT molecular complexity index is 2750. The highest BCUT2D eigenvalue weighted by molar-refractivity contribution is 7.80. The fraction of sp³-hybridized carbons (Fsp3) is 0.426. The molecule has 0 saturated heterocycles. The van der Waals surface area contributed by atoms with Gasteiger partial charge in [-0.05, 0) is 61.8 Å². The number of nitrogens with one attached hydrogen (secondary N) is 8. The number of aliphatic imine (C=N–C) groups is 3. The maximum atomic E-state index is 14.9. The van der Waals surface area contributed by atoms with Gasteiger partial charge in [0.2, 0.25) is 41.4 Å². The molecular formula is C47H69N19O9S. The normalized spacial score (nSPS) is 13.8. The van der Waals surface area contributed by atoms with Crippen molar-refractivity contribution < 1.29 is 43.5 Å². The number of nitrogens with two attached hydrogens (primary N) is 8. The highest BCUT2D eigenvalue weighted by Gasteiger charge is 2.34. The van der Waals surface area contributed by atoms with Crippen molar-refractivity contribution in [3.8, 4) is 0 Å². The summed E-state index contributed by atoms with van der Waals surface area (Å²) in [5.74, 6) is -8.59. The zero-order valence-corrected chi connectivity index (χ0v) is 42.5. The van der Waals surface area contributed by atoms with Gasteiger partial charge < -0.3 is 92.8 Å². The van der Waals surface area contributed by atoms with Gasteiger partial charge in [-0.1, -0.05) is 36.4 Å². The Hall–Kier alpha value is -8.60. The number of carbonyl (C=O) groups excluding carboxylic acids is 7. The van der Waals surface area contributed by atoms with Crippen molar-refractivity contribution in [2.75, 3.05) is 25.4 Å². The topological polar surface area (TPSA) is 506 Å². The van der Waals surface area contributed by atoms with E-state index in [4.69, 9.17) is 45.9 Å². The van der Waals surface area contributed by atoms with Crippen LogP contribution >= 0.6 is 12.6 Å². The van der Waals surface area contributed by atoms with Crippen molar-refractivity contribution in [3.05, 3.63) is 72.1 Å². The number of carboxylic acids is 1. The van der Waals surface area contributed by atoms with Crippen molar-refractivity contribution in [2.45, 2.75) is 100 Å². The number of aromatic nitrogens is 2. The Morgan fingerprint density at radius 1 is 0.500 bits per heavy atom. The minimum absolute atomic E-state index is 0.00156. The lowest BCUT2D eigenvalue weighted by atomic mass is 10.0. The van der Waals surface area contributed by atoms with Crippen molar-refractivity contribution >= 4 is 99.6 Å². The molecule has 0 fully saturated rings. The predicted molar refractivity (Wildman–Crippen MR) is 289 cm³/mol. The molecule has 0 unspecified atom stereocenters. The van der Waals surface area contributed by atoms with Crippen molar-refractivity contribution in [1.82, 2.24) is 41.9 Å². The monoisotopic (exact) mass is 1080 g/mol. The third-order valence-corrected chi connectivity index (χ3v) is 12.1. The van der Waals surface area contributed by atoms with E-state index in [1.54, 1.807) is 36.7 Å². The smallest absolute Gasteiger partial charge is 0.326 e. The third kappa shape index (κ3) is 19.3. The molecule has 4 aromatic rings. The lowest BCUT2D eigenvalue weighted by Gasteiger charge is -2.27. The lowest BCUT2D eigenvalue weighted by molar-refractivity contribution is -0.143. The first-order valence-corrected chi connectivity index (χ1v) is 24.8. The second-order valence-electron chi connectivity index (χ2n) is 17.6. The molecule has 7 amide bonds. The quantitative estimate of drug-likeness (QED) is 0.00953. The largest absolute Gasteiger partial charge is 0.480 e. The maximum absolute atomic E-state index is 14.9. The summed E-state index contributed by atoms with van der Waals surface area (Å²) in [7, 11) is 0. The van der Waals surface area contributed by atoms with E-state index < -0.39 is 96.0 Å². The summed E-state index contributed by atoms with van der Waals surface area (Å²) in [4.78, 5) is 126. The maximum Gasteiger partial charge on any atom is 0.326 e. The molecule has 29 heteroatoms. The summed E-state index contributed by atoms with van der Waals surface area (Å²) in [6.07, 6.45) is 2.98. The highest BCUT2D eigenvalue weighted by Crippen LogP contribution is 2.22. The van der Waals surface area contributed by atoms with E-state index >= 15 is 0 Å². The second-order valence-corrected chi connectivity index (χ2v) is 18.0. The molecule has 412 valence electrons. The summed E-state index contributed by atoms with van der Waals surface area (Å²) in [5, 5.41) is 26.7. The average molecular weight is 1080 g/mol. The Labute approximate surface area is 442 Å². The molecule has 0 saturated carbocycles. The number of H-pyrrole nitrogens is 2. The number of rotatable bonds is 32. The number of para-hydroxylation sites is 2. The number of aromatic amines is 2. The van der Waals surface area contributed by atoms with Gasteiger partial charge in [0.1, 0.15) is 36.3 Å². The molecule has 7 atom stereocenters. The van der Waals surface area contributed by atoms with E-state index in [-0.39, 0.29) is 88.2 Å². The van der Waals surface area contributed by atoms with Gasteiger partial charge in [0.05, 0.1) is 12.5 Å². The second kappa shape index (κ2) is 29.9. The summed E-state index contributed by atoms with van der Waals surface area (Å²) in [6.45, 7) is 0.315. The van der Waals surface area contributed by atoms with Crippen LogP contribution in [0.15, 0.2) is 75.9 Å². The average Bonchev–Trinajstić information content (AvgIpc) is 3.98. The van der Waals surface area contributed by atoms with Gasteiger partial charge in [0.15, 0.2) is 17.9 Å². The Morgan fingerprint density at radius 3 is 1.26 bits per heavy atom. The molecule has 2 heterocycles. The molecule has 76 heavy (non-hydrogen) atoms. The Kier molecular flexibility index (Phi) is 23.6. The molecule has 0 radical (unpaired) electrons. The van der Waals surface area contributed by atoms with Crippen LogP contribution in [0.25, 0.3) is 21.8 Å². The number of hydrogen-bond acceptors (Lipinski definition) is 13. The van der Waals surface area contributed by atoms with Gasteiger partial charge in [-0.25, -0.2) is 4.79 Å². The number of aliphatic carboxylic acids is 1. The fourth-order valence-corrected chi connectivity index (χ4v) is 8.15. The fourth-order valence-electron chi connectivity index (χ4n) is 7.89. The van der Waals surface area contributed by atoms with E-state index in [0.29, 0.717) is 28.5 Å². The van der Waals surface area contributed by atoms with Crippen LogP contribution < -0.4 is 77.8 Å². The molecule has 0 aliphatic rings. The van der Waals surface area contributed by atoms with Gasteiger partial charge in [-0.3, -0.25) is 48.5 Å². The van der Waals surface area contributed by atoms with Crippen LogP contribution in [-0.2, 0) is 51.2 Å². The van der Waals surface area contributed by atoms with Crippen LogP contribution in [0.3, 0.4) is 0 Å². The zero-order valence-electron chi connectivity index (χ0n) is 41.6. The lowest BCUT2D eigenvalue weighted by Crippen LogP contribution is -2.60. The molecule has 28 nitrogen and oxygen atoms in total. The van der Waals surface area contributed by atoms with Crippen LogP contribution in [0.1, 0.15) is 56.1 Å². The van der Waals surface area contributed by atoms with E-state index in [2.05, 4.69) is 69.5 Å². The van der Waals surface area contributed by atoms with Crippen molar-refractivity contribution in [1.29, 1.82) is 0 Å². The summed E-state index contributed by atoms with van der Waals surface area (Å²) < 4.78 is 0. The van der Waals surface area contributed by atoms with E-state index in [9.17, 15) is 43.5 Å². The summed E-state index contributed by atoms with van der Waals surface area (Å²) >= 11 is 4.32. The molecule has 4 rings (SSSR count). The number of amides is 7. The number of guanidine groups is 3. The molecule has 0 aliphatic heterocycles. The predicted octanol–water partition coefficient (Wildman–Crippen LogP) is -4.28. The molecule has 0 spiro atoms. The first-order valence-electron chi connectivity index (χ1n) is 24.1. The molecular weight excluding hydrogens is 1010 g/mol. The van der Waals surface area contributed by atoms with E-state index in [0.717, 1.165) is 10.9 Å². The molecule has 2 aromatic heterocycles. The molecule has 25 N–H and O–H groups in total. The SMILES string of the molecule is NC(=O)C[C@H](NC(=O)[C@H](CCCN=C(N)N)NC(=O)[C@H](CS)NC(=O)[C@H](Cc1c[nH]c2ccccc12)NC(=O)[C@H](Cc1c[nH]c2ccccc12)NC(=O)[C@H](CCCN=C(N)N)NC(=O)[C@@H](N)CCCN=C(N)N)C(=O)O. The molecule has 2 aromatic carbocycles. The van der Waals surface area contributed by atoms with Crippen LogP contribution in [0, 0.1) is 0 Å². The first-order chi connectivity index (χ1) is 36.2. The minimum Gasteiger partial charge on any atom is -0.480 e. The minimum atomic E-state index is -1.74. The highest BCUT2D eigenvalue weighted by atomic mass is 32.1. The third-order valence-electron chi connectivity index (χ3n) is 11.8. The Balaban J connectivity index is 1.68. The zero-order chi connectivity index (χ0) is 55.9. The number of primary amides is 1. The summed E-state index contributed by atoms with van der Waals surface area (Å²) in [6, 6.07) is 4.57. The van der Waals surface area contributed by atoms with Crippen LogP contribution in [0.4, 0.5) is 0 Å². The van der Waals surface area contributed by atoms with Crippen molar-refractivity contribution in [3.63, 3.8) is 0 Å². The molecule has 0 bridgehead atoms. The standard InChI is InChI=1S/C47H69N19O9S/c48-28(10-5-15-56-45(50)51)38(68)61-31(13-6-16-57-46(52)53)39(69)63-33(18-24-21-59-29-11-3-1-8-26(24)29)41(71)64-34(19-25-22-60-30-12-4-2-9-27(25)30)42(72)66-36(23-76)43(73)62-32(14-7-17-58-47(54)55)40(70)65-35(44(74)75)20-37(49)67/h1-4,8-9,11-12,21-22,28,31-36,59-60,76H,5-7,10,13-20,23,48H2,(H2,49,67)(H,61,68)(H,62,73)(H,63,69)(H,64,71)(H,65,70)(H,66,72)(H,74,75)(H4,50,51,56)(H4,52,53,57)(H4,54,55,58)/t28-,31-,32-,33-,34-,35-,36-/m0/s1. The number of benzene rings is 2. The van der Waals surface area contributed by atoms with Gasteiger partial charge in [-0.2, -0.15) is 12.6 Å². The van der Waals surface area contributed by atoms with Crippen LogP contribution in [0.2, 0.25) is 0 Å². The van der Waals surface area contributed by atoms with Gasteiger partial charge in [0.25, 0.3) is 0 Å². The van der Waals surface area contributed by atoms with E-state index in [1.807, 2.05) is 24.3 Å². The molecule has 0 aliphatic carbocycles. The Morgan fingerprint density at radius 2 is 0.855 bits per heavy atom. The van der Waals surface area contributed by atoms with Gasteiger partial charge in [-0.15, -0.1) is 0 Å². The van der Waals surface area contributed by atoms with Crippen LogP contribution in [-0.4, -0.2) is 148 Å². The van der Waals surface area contributed by atoms with Crippen LogP contribution in [0.5, 0.6) is 0 Å². The van der Waals surface area contributed by atoms with E-state index in [1.165, 1.54) is 0 Å². The van der Waals surface area contributed by atoms with Gasteiger partial charge in [0, 0.05) is 72.4 Å². The first kappa shape index (κ1) is 60.0. The number of carboxylic acid groups (broad SMARTS) is 1.